The lowest BCUT2D eigenvalue weighted by molar-refractivity contribution is 0.0697. The number of aromatic carboxylic acids is 1. The van der Waals surface area contributed by atoms with Gasteiger partial charge >= 0.3 is 5.97 Å². The first-order chi connectivity index (χ1) is 13.6. The van der Waals surface area contributed by atoms with E-state index >= 15 is 0 Å². The third kappa shape index (κ3) is 4.65. The molecule has 1 heterocycles. The first-order valence-electron chi connectivity index (χ1n) is 9.09. The van der Waals surface area contributed by atoms with Crippen LogP contribution in [0.25, 0.3) is 0 Å². The highest BCUT2D eigenvalue weighted by molar-refractivity contribution is 9.10. The highest BCUT2D eigenvalue weighted by Gasteiger charge is 2.41. The zero-order valence-electron chi connectivity index (χ0n) is 16.7. The van der Waals surface area contributed by atoms with Crippen LogP contribution in [0.4, 0.5) is 5.69 Å². The van der Waals surface area contributed by atoms with Crippen molar-refractivity contribution in [1.82, 2.24) is 0 Å². The lowest BCUT2D eigenvalue weighted by atomic mass is 10.2. The Kier molecular flexibility index (Phi) is 6.06. The molecule has 3 rings (SSSR count). The number of benzene rings is 2. The number of rotatable bonds is 5. The molecule has 0 amide bonds. The molecule has 0 fully saturated rings. The first kappa shape index (κ1) is 21.4. The number of carbonyl (C=O) groups is 1. The van der Waals surface area contributed by atoms with E-state index in [1.807, 2.05) is 43.3 Å². The van der Waals surface area contributed by atoms with Crippen LogP contribution in [0.1, 0.15) is 36.9 Å². The summed E-state index contributed by atoms with van der Waals surface area (Å²) in [4.78, 5) is 11.2. The van der Waals surface area contributed by atoms with Gasteiger partial charge in [-0.3, -0.25) is 0 Å². The van der Waals surface area contributed by atoms with Gasteiger partial charge in [0.25, 0.3) is 0 Å². The highest BCUT2D eigenvalue weighted by Crippen LogP contribution is 2.62. The van der Waals surface area contributed by atoms with Crippen LogP contribution in [0.2, 0.25) is 0 Å². The molecule has 0 aliphatic rings. The molecule has 7 heteroatoms. The topological polar surface area (TPSA) is 72.0 Å². The van der Waals surface area contributed by atoms with Crippen molar-refractivity contribution >= 4 is 40.4 Å². The minimum absolute atomic E-state index is 0.213. The molecular weight excluding hydrogens is 453 g/mol. The lowest BCUT2D eigenvalue weighted by Gasteiger charge is -2.35. The lowest BCUT2D eigenvalue weighted by Crippen LogP contribution is -2.26. The molecule has 0 saturated carbocycles. The third-order valence-electron chi connectivity index (χ3n) is 4.34. The number of furan rings is 1. The van der Waals surface area contributed by atoms with Crippen molar-refractivity contribution in [1.29, 1.82) is 0 Å². The average Bonchev–Trinajstić information content (AvgIpc) is 3.07. The predicted octanol–water partition coefficient (Wildman–Crippen LogP) is 7.00. The second kappa shape index (κ2) is 8.21. The molecule has 3 aromatic rings. The molecular formula is C22H23BrNO4P. The van der Waals surface area contributed by atoms with Crippen molar-refractivity contribution in [3.8, 4) is 5.75 Å². The Morgan fingerprint density at radius 2 is 1.79 bits per heavy atom. The Hall–Kier alpha value is -2.30. The summed E-state index contributed by atoms with van der Waals surface area (Å²) in [6.07, 6.45) is 0. The van der Waals surface area contributed by atoms with E-state index in [0.717, 1.165) is 10.2 Å². The zero-order valence-corrected chi connectivity index (χ0v) is 19.2. The summed E-state index contributed by atoms with van der Waals surface area (Å²) in [5, 5.41) is 8.79. The number of carboxylic acid groups (broad SMARTS) is 1. The summed E-state index contributed by atoms with van der Waals surface area (Å²) in [5.74, 6) is 0.492. The van der Waals surface area contributed by atoms with E-state index in [1.54, 1.807) is 24.3 Å². The van der Waals surface area contributed by atoms with Crippen molar-refractivity contribution < 1.29 is 18.8 Å². The summed E-state index contributed by atoms with van der Waals surface area (Å²) in [6.45, 7) is 8.12. The van der Waals surface area contributed by atoms with E-state index in [1.165, 1.54) is 0 Å². The molecule has 5 nitrogen and oxygen atoms in total. The van der Waals surface area contributed by atoms with E-state index in [2.05, 4.69) is 36.7 Å². The summed E-state index contributed by atoms with van der Waals surface area (Å²) < 4.78 is 18.6. The molecule has 0 radical (unpaired) electrons. The standard InChI is InChI=1S/C22H23BrNO4P/c1-15-8-13-20(27-15)29(22(2,3)4,28-19-7-5-6-17(23)14-19)24-18-11-9-16(10-12-18)21(25)26/h5-14H,1-4H3,(H,25,26). The predicted molar refractivity (Wildman–Crippen MR) is 120 cm³/mol. The molecule has 0 spiro atoms. The minimum Gasteiger partial charge on any atom is -0.478 e. The molecule has 1 atom stereocenters. The first-order valence-corrected chi connectivity index (χ1v) is 11.5. The van der Waals surface area contributed by atoms with E-state index < -0.39 is 13.3 Å². The Balaban J connectivity index is 2.24. The van der Waals surface area contributed by atoms with Gasteiger partial charge in [0, 0.05) is 9.63 Å². The Morgan fingerprint density at radius 1 is 1.10 bits per heavy atom. The van der Waals surface area contributed by atoms with Gasteiger partial charge in [0.1, 0.15) is 11.5 Å². The normalized spacial score (nSPS) is 13.6. The van der Waals surface area contributed by atoms with E-state index in [9.17, 15) is 9.90 Å². The smallest absolute Gasteiger partial charge is 0.335 e. The number of aryl methyl sites for hydroxylation is 1. The van der Waals surface area contributed by atoms with Gasteiger partial charge < -0.3 is 14.0 Å². The number of hydrogen-bond donors (Lipinski definition) is 1. The van der Waals surface area contributed by atoms with Gasteiger partial charge in [-0.05, 0) is 61.5 Å². The van der Waals surface area contributed by atoms with Crippen LogP contribution in [0.5, 0.6) is 5.75 Å². The SMILES string of the molecule is Cc1ccc(P(=Nc2ccc(C(=O)O)cc2)(Oc2cccc(Br)c2)C(C)(C)C)o1. The van der Waals surface area contributed by atoms with E-state index in [-0.39, 0.29) is 10.7 Å². The zero-order chi connectivity index (χ0) is 21.2. The van der Waals surface area contributed by atoms with Gasteiger partial charge in [-0.1, -0.05) is 42.8 Å². The van der Waals surface area contributed by atoms with Gasteiger partial charge in [0.15, 0.2) is 5.50 Å². The fraction of sp³-hybridized carbons (Fsp3) is 0.227. The Labute approximate surface area is 179 Å². The molecule has 0 aliphatic carbocycles. The summed E-state index contributed by atoms with van der Waals surface area (Å²) in [6, 6.07) is 18.0. The quantitative estimate of drug-likeness (QED) is 0.403. The molecule has 1 aromatic heterocycles. The highest BCUT2D eigenvalue weighted by atomic mass is 79.9. The Bertz CT molecular complexity index is 1080. The van der Waals surface area contributed by atoms with Crippen molar-refractivity contribution in [3.05, 3.63) is 76.5 Å². The number of nitrogens with zero attached hydrogens (tertiary/aromatic N) is 1. The number of carboxylic acids is 1. The van der Waals surface area contributed by atoms with Crippen molar-refractivity contribution in [2.75, 3.05) is 0 Å². The molecule has 29 heavy (non-hydrogen) atoms. The van der Waals surface area contributed by atoms with Crippen molar-refractivity contribution in [3.63, 3.8) is 0 Å². The van der Waals surface area contributed by atoms with Crippen molar-refractivity contribution in [2.24, 2.45) is 4.74 Å². The molecule has 0 bridgehead atoms. The van der Waals surface area contributed by atoms with Gasteiger partial charge in [-0.15, -0.1) is 0 Å². The van der Waals surface area contributed by atoms with Gasteiger partial charge in [0.2, 0.25) is 7.28 Å². The van der Waals surface area contributed by atoms with Gasteiger partial charge in [0.05, 0.1) is 11.3 Å². The monoisotopic (exact) mass is 475 g/mol. The van der Waals surface area contributed by atoms with Crippen LogP contribution in [0.3, 0.4) is 0 Å². The largest absolute Gasteiger partial charge is 0.478 e. The van der Waals surface area contributed by atoms with Crippen LogP contribution in [-0.2, 0) is 0 Å². The van der Waals surface area contributed by atoms with Crippen LogP contribution < -0.4 is 10.0 Å². The minimum atomic E-state index is -2.72. The van der Waals surface area contributed by atoms with E-state index in [4.69, 9.17) is 13.7 Å². The number of halogens is 1. The fourth-order valence-electron chi connectivity index (χ4n) is 2.83. The molecule has 1 unspecified atom stereocenters. The average molecular weight is 476 g/mol. The van der Waals surface area contributed by atoms with Gasteiger partial charge in [-0.25, -0.2) is 9.54 Å². The second-order valence-corrected chi connectivity index (χ2v) is 11.9. The molecule has 0 saturated heterocycles. The molecule has 152 valence electrons. The van der Waals surface area contributed by atoms with Gasteiger partial charge in [-0.2, -0.15) is 0 Å². The number of hydrogen-bond acceptors (Lipinski definition) is 4. The maximum absolute atomic E-state index is 11.2. The maximum atomic E-state index is 11.2. The van der Waals surface area contributed by atoms with Crippen LogP contribution in [-0.4, -0.2) is 16.2 Å². The van der Waals surface area contributed by atoms with Crippen LogP contribution >= 0.6 is 23.2 Å². The Morgan fingerprint density at radius 3 is 2.31 bits per heavy atom. The van der Waals surface area contributed by atoms with E-state index in [0.29, 0.717) is 16.9 Å². The van der Waals surface area contributed by atoms with Crippen LogP contribution in [0.15, 0.2) is 74.3 Å². The summed E-state index contributed by atoms with van der Waals surface area (Å²) in [5.41, 5.74) is 1.54. The molecule has 2 aromatic carbocycles. The maximum Gasteiger partial charge on any atom is 0.335 e. The fourth-order valence-corrected chi connectivity index (χ4v) is 6.09. The second-order valence-electron chi connectivity index (χ2n) is 7.63. The van der Waals surface area contributed by atoms with Crippen LogP contribution in [0, 0.1) is 6.92 Å². The third-order valence-corrected chi connectivity index (χ3v) is 8.48. The molecule has 0 aliphatic heterocycles. The van der Waals surface area contributed by atoms with Crippen molar-refractivity contribution in [2.45, 2.75) is 32.9 Å². The summed E-state index contributed by atoms with van der Waals surface area (Å²) >= 11 is 3.49. The summed E-state index contributed by atoms with van der Waals surface area (Å²) in [7, 11) is -2.72. The molecule has 1 N–H and O–H groups in total.